The highest BCUT2D eigenvalue weighted by Gasteiger charge is 2.16. The van der Waals surface area contributed by atoms with E-state index in [1.165, 1.54) is 5.56 Å². The van der Waals surface area contributed by atoms with Crippen LogP contribution in [-0.2, 0) is 17.8 Å². The summed E-state index contributed by atoms with van der Waals surface area (Å²) in [7, 11) is 1.60. The maximum absolute atomic E-state index is 13.0. The van der Waals surface area contributed by atoms with Crippen molar-refractivity contribution in [2.24, 2.45) is 0 Å². The molecule has 1 aromatic heterocycles. The second-order valence-electron chi connectivity index (χ2n) is 6.83. The van der Waals surface area contributed by atoms with E-state index in [4.69, 9.17) is 9.47 Å². The van der Waals surface area contributed by atoms with Crippen LogP contribution in [-0.4, -0.2) is 31.1 Å². The van der Waals surface area contributed by atoms with Crippen LogP contribution < -0.4 is 9.47 Å². The van der Waals surface area contributed by atoms with Crippen molar-refractivity contribution < 1.29 is 14.3 Å². The van der Waals surface area contributed by atoms with Gasteiger partial charge >= 0.3 is 0 Å². The van der Waals surface area contributed by atoms with Crippen LogP contribution >= 0.6 is 11.3 Å². The number of amides is 1. The molecule has 0 saturated carbocycles. The Hall–Kier alpha value is -3.05. The van der Waals surface area contributed by atoms with E-state index in [-0.39, 0.29) is 12.5 Å². The molecular formula is C25H27NO3S. The summed E-state index contributed by atoms with van der Waals surface area (Å²) < 4.78 is 11.3. The predicted molar refractivity (Wildman–Crippen MR) is 123 cm³/mol. The van der Waals surface area contributed by atoms with E-state index in [9.17, 15) is 4.79 Å². The molecule has 1 amide bonds. The Kier molecular flexibility index (Phi) is 8.10. The zero-order chi connectivity index (χ0) is 21.2. The van der Waals surface area contributed by atoms with E-state index in [1.807, 2.05) is 71.8 Å². The average molecular weight is 422 g/mol. The molecule has 5 heteroatoms. The van der Waals surface area contributed by atoms with E-state index in [1.54, 1.807) is 18.4 Å². The third-order valence-corrected chi connectivity index (χ3v) is 5.55. The predicted octanol–water partition coefficient (Wildman–Crippen LogP) is 5.44. The van der Waals surface area contributed by atoms with Gasteiger partial charge in [-0.25, -0.2) is 0 Å². The number of carbonyl (C=O) groups excluding carboxylic acids is 1. The van der Waals surface area contributed by atoms with Crippen molar-refractivity contribution in [2.45, 2.75) is 19.9 Å². The third-order valence-electron chi connectivity index (χ3n) is 4.69. The molecule has 0 aliphatic heterocycles. The largest absolute Gasteiger partial charge is 0.493 e. The minimum absolute atomic E-state index is 0.0283. The summed E-state index contributed by atoms with van der Waals surface area (Å²) in [6.07, 6.45) is 4.76. The highest BCUT2D eigenvalue weighted by Crippen LogP contribution is 2.28. The molecule has 0 bridgehead atoms. The van der Waals surface area contributed by atoms with Gasteiger partial charge in [0.05, 0.1) is 13.7 Å². The molecule has 0 aliphatic carbocycles. The van der Waals surface area contributed by atoms with Gasteiger partial charge in [0.1, 0.15) is 0 Å². The quantitative estimate of drug-likeness (QED) is 0.437. The van der Waals surface area contributed by atoms with Crippen LogP contribution in [0, 0.1) is 0 Å². The lowest BCUT2D eigenvalue weighted by atomic mass is 10.1. The van der Waals surface area contributed by atoms with Gasteiger partial charge < -0.3 is 14.4 Å². The van der Waals surface area contributed by atoms with Gasteiger partial charge in [0.2, 0.25) is 0 Å². The Labute approximate surface area is 182 Å². The number of hydrogen-bond acceptors (Lipinski definition) is 4. The Morgan fingerprint density at radius 1 is 1.07 bits per heavy atom. The second-order valence-corrected chi connectivity index (χ2v) is 7.86. The Balaban J connectivity index is 1.66. The van der Waals surface area contributed by atoms with Gasteiger partial charge in [0, 0.05) is 11.4 Å². The number of methoxy groups -OCH3 is 1. The maximum Gasteiger partial charge on any atom is 0.260 e. The van der Waals surface area contributed by atoms with E-state index in [0.717, 1.165) is 16.9 Å². The standard InChI is InChI=1S/C25H27NO3S/c1-3-8-21-12-13-23(24(17-21)28-2)29-19-25(27)26(18-22-11-7-16-30-22)15-14-20-9-5-4-6-10-20/h3-13,16-17H,14-15,18-19H2,1-2H3/b8-3+. The van der Waals surface area contributed by atoms with E-state index in [0.29, 0.717) is 24.6 Å². The highest BCUT2D eigenvalue weighted by atomic mass is 32.1. The molecule has 0 saturated heterocycles. The summed E-state index contributed by atoms with van der Waals surface area (Å²) in [5.74, 6) is 1.14. The molecule has 2 aromatic carbocycles. The molecule has 0 spiro atoms. The molecule has 0 radical (unpaired) electrons. The number of rotatable bonds is 10. The topological polar surface area (TPSA) is 38.8 Å². The van der Waals surface area contributed by atoms with E-state index in [2.05, 4.69) is 18.2 Å². The third kappa shape index (κ3) is 6.22. The number of benzene rings is 2. The van der Waals surface area contributed by atoms with Gasteiger partial charge in [-0.3, -0.25) is 4.79 Å². The fourth-order valence-electron chi connectivity index (χ4n) is 3.12. The number of allylic oxidation sites excluding steroid dienone is 1. The van der Waals surface area contributed by atoms with Crippen molar-refractivity contribution in [2.75, 3.05) is 20.3 Å². The van der Waals surface area contributed by atoms with Crippen molar-refractivity contribution in [3.63, 3.8) is 0 Å². The van der Waals surface area contributed by atoms with Crippen molar-refractivity contribution in [3.8, 4) is 11.5 Å². The summed E-state index contributed by atoms with van der Waals surface area (Å²) in [4.78, 5) is 16.0. The molecule has 0 fully saturated rings. The van der Waals surface area contributed by atoms with Crippen LogP contribution in [0.5, 0.6) is 11.5 Å². The number of ether oxygens (including phenoxy) is 2. The normalized spacial score (nSPS) is 10.9. The van der Waals surface area contributed by atoms with Crippen molar-refractivity contribution in [1.82, 2.24) is 4.90 Å². The first-order valence-corrected chi connectivity index (χ1v) is 10.8. The molecule has 3 rings (SSSR count). The molecule has 30 heavy (non-hydrogen) atoms. The Morgan fingerprint density at radius 3 is 2.60 bits per heavy atom. The number of thiophene rings is 1. The minimum Gasteiger partial charge on any atom is -0.493 e. The molecule has 0 atom stereocenters. The van der Waals surface area contributed by atoms with Crippen LogP contribution in [0.4, 0.5) is 0 Å². The lowest BCUT2D eigenvalue weighted by molar-refractivity contribution is -0.134. The summed E-state index contributed by atoms with van der Waals surface area (Å²) >= 11 is 1.66. The van der Waals surface area contributed by atoms with Gasteiger partial charge in [-0.2, -0.15) is 0 Å². The van der Waals surface area contributed by atoms with Crippen LogP contribution in [0.25, 0.3) is 6.08 Å². The van der Waals surface area contributed by atoms with Gasteiger partial charge in [-0.15, -0.1) is 11.3 Å². The first kappa shape index (κ1) is 21.7. The highest BCUT2D eigenvalue weighted by molar-refractivity contribution is 7.09. The van der Waals surface area contributed by atoms with Crippen molar-refractivity contribution >= 4 is 23.3 Å². The summed E-state index contributed by atoms with van der Waals surface area (Å²) in [6, 6.07) is 20.0. The lowest BCUT2D eigenvalue weighted by Gasteiger charge is -2.23. The number of hydrogen-bond donors (Lipinski definition) is 0. The molecule has 1 heterocycles. The SMILES string of the molecule is C/C=C/c1ccc(OCC(=O)N(CCc2ccccc2)Cc2cccs2)c(OC)c1. The molecule has 0 aliphatic rings. The number of carbonyl (C=O) groups is 1. The van der Waals surface area contributed by atoms with Gasteiger partial charge in [0.25, 0.3) is 5.91 Å². The molecule has 0 N–H and O–H groups in total. The van der Waals surface area contributed by atoms with Crippen molar-refractivity contribution in [3.05, 3.63) is 88.1 Å². The zero-order valence-corrected chi connectivity index (χ0v) is 18.2. The fraction of sp³-hybridized carbons (Fsp3) is 0.240. The van der Waals surface area contributed by atoms with E-state index < -0.39 is 0 Å². The van der Waals surface area contributed by atoms with Crippen LogP contribution in [0.15, 0.2) is 72.1 Å². The summed E-state index contributed by atoms with van der Waals surface area (Å²) in [6.45, 7) is 3.16. The maximum atomic E-state index is 13.0. The van der Waals surface area contributed by atoms with Crippen LogP contribution in [0.1, 0.15) is 22.9 Å². The zero-order valence-electron chi connectivity index (χ0n) is 17.4. The first-order chi connectivity index (χ1) is 14.7. The smallest absolute Gasteiger partial charge is 0.260 e. The Morgan fingerprint density at radius 2 is 1.90 bits per heavy atom. The lowest BCUT2D eigenvalue weighted by Crippen LogP contribution is -2.35. The molecule has 3 aromatic rings. The van der Waals surface area contributed by atoms with Gasteiger partial charge in [-0.05, 0) is 48.1 Å². The van der Waals surface area contributed by atoms with Crippen molar-refractivity contribution in [1.29, 1.82) is 0 Å². The monoisotopic (exact) mass is 421 g/mol. The Bertz CT molecular complexity index is 952. The van der Waals surface area contributed by atoms with Crippen LogP contribution in [0.3, 0.4) is 0 Å². The van der Waals surface area contributed by atoms with Gasteiger partial charge in [0.15, 0.2) is 18.1 Å². The molecule has 4 nitrogen and oxygen atoms in total. The molecule has 156 valence electrons. The van der Waals surface area contributed by atoms with E-state index >= 15 is 0 Å². The second kappa shape index (κ2) is 11.2. The van der Waals surface area contributed by atoms with Gasteiger partial charge in [-0.1, -0.05) is 54.6 Å². The summed E-state index contributed by atoms with van der Waals surface area (Å²) in [5, 5.41) is 2.03. The fourth-order valence-corrected chi connectivity index (χ4v) is 3.84. The first-order valence-electron chi connectivity index (χ1n) is 9.97. The molecule has 0 unspecified atom stereocenters. The minimum atomic E-state index is -0.0427. The molecular weight excluding hydrogens is 394 g/mol. The number of nitrogens with zero attached hydrogens (tertiary/aromatic N) is 1. The average Bonchev–Trinajstić information content (AvgIpc) is 3.29. The van der Waals surface area contributed by atoms with Crippen LogP contribution in [0.2, 0.25) is 0 Å². The summed E-state index contributed by atoms with van der Waals surface area (Å²) in [5.41, 5.74) is 2.24.